The van der Waals surface area contributed by atoms with E-state index in [2.05, 4.69) is 5.32 Å². The summed E-state index contributed by atoms with van der Waals surface area (Å²) in [5, 5.41) is 13.0. The first-order valence-corrected chi connectivity index (χ1v) is 6.91. The Morgan fingerprint density at radius 1 is 1.28 bits per heavy atom. The molecule has 0 saturated carbocycles. The quantitative estimate of drug-likeness (QED) is 0.674. The largest absolute Gasteiger partial charge is 0.416 e. The predicted octanol–water partition coefficient (Wildman–Crippen LogP) is 2.72. The highest BCUT2D eigenvalue weighted by molar-refractivity contribution is 5.90. The van der Waals surface area contributed by atoms with E-state index in [9.17, 15) is 32.9 Å². The molecule has 2 rings (SSSR count). The fourth-order valence-electron chi connectivity index (χ4n) is 2.11. The van der Waals surface area contributed by atoms with E-state index < -0.39 is 40.4 Å². The summed E-state index contributed by atoms with van der Waals surface area (Å²) in [4.78, 5) is 33.9. The molecule has 25 heavy (non-hydrogen) atoms. The van der Waals surface area contributed by atoms with E-state index in [1.54, 1.807) is 0 Å². The van der Waals surface area contributed by atoms with Crippen molar-refractivity contribution in [2.24, 2.45) is 0 Å². The second-order valence-electron chi connectivity index (χ2n) is 5.14. The van der Waals surface area contributed by atoms with Crippen molar-refractivity contribution in [1.82, 2.24) is 4.57 Å². The number of aromatic nitrogens is 1. The molecule has 10 heteroatoms. The molecular weight excluding hydrogens is 343 g/mol. The first-order chi connectivity index (χ1) is 11.6. The van der Waals surface area contributed by atoms with Crippen LogP contribution in [0.25, 0.3) is 0 Å². The maximum absolute atomic E-state index is 12.7. The summed E-state index contributed by atoms with van der Waals surface area (Å²) >= 11 is 0. The van der Waals surface area contributed by atoms with Crippen LogP contribution in [-0.4, -0.2) is 15.4 Å². The summed E-state index contributed by atoms with van der Waals surface area (Å²) in [7, 11) is 0. The van der Waals surface area contributed by atoms with Crippen LogP contribution in [0.15, 0.2) is 41.2 Å². The first-order valence-electron chi connectivity index (χ1n) is 6.91. The van der Waals surface area contributed by atoms with Gasteiger partial charge in [0.2, 0.25) is 5.91 Å². The molecule has 0 radical (unpaired) electrons. The summed E-state index contributed by atoms with van der Waals surface area (Å²) in [5.74, 6) is -0.787. The second kappa shape index (κ2) is 6.75. The number of carbonyl (C=O) groups is 1. The van der Waals surface area contributed by atoms with Gasteiger partial charge in [0.15, 0.2) is 0 Å². The van der Waals surface area contributed by atoms with Gasteiger partial charge in [0.1, 0.15) is 6.54 Å². The number of anilines is 1. The number of hydrogen-bond acceptors (Lipinski definition) is 4. The Balaban J connectivity index is 2.23. The van der Waals surface area contributed by atoms with Crippen LogP contribution in [0.5, 0.6) is 0 Å². The third kappa shape index (κ3) is 4.22. The van der Waals surface area contributed by atoms with Gasteiger partial charge in [0, 0.05) is 17.4 Å². The zero-order chi connectivity index (χ0) is 18.8. The fourth-order valence-corrected chi connectivity index (χ4v) is 2.11. The zero-order valence-electron chi connectivity index (χ0n) is 12.8. The minimum absolute atomic E-state index is 0.101. The molecule has 1 heterocycles. The van der Waals surface area contributed by atoms with Crippen molar-refractivity contribution in [1.29, 1.82) is 0 Å². The Morgan fingerprint density at radius 2 is 1.96 bits per heavy atom. The third-order valence-corrected chi connectivity index (χ3v) is 3.34. The molecule has 1 aromatic carbocycles. The average Bonchev–Trinajstić information content (AvgIpc) is 2.50. The van der Waals surface area contributed by atoms with Gasteiger partial charge < -0.3 is 5.32 Å². The van der Waals surface area contributed by atoms with Crippen LogP contribution in [0.4, 0.5) is 24.5 Å². The van der Waals surface area contributed by atoms with Gasteiger partial charge in [-0.15, -0.1) is 0 Å². The Labute approximate surface area is 138 Å². The SMILES string of the molecule is Cc1ccc([N+](=O)[O-])c(=O)n1CC(=O)Nc1cccc(C(F)(F)F)c1. The third-order valence-electron chi connectivity index (χ3n) is 3.34. The maximum atomic E-state index is 12.7. The summed E-state index contributed by atoms with van der Waals surface area (Å²) < 4.78 is 38.8. The van der Waals surface area contributed by atoms with E-state index in [-0.39, 0.29) is 5.69 Å². The Kier molecular flexibility index (Phi) is 4.91. The Hall–Kier alpha value is -3.17. The number of nitrogens with one attached hydrogen (secondary N) is 1. The molecule has 0 saturated heterocycles. The highest BCUT2D eigenvalue weighted by atomic mass is 19.4. The summed E-state index contributed by atoms with van der Waals surface area (Å²) in [5.41, 5.74) is -2.40. The molecule has 7 nitrogen and oxygen atoms in total. The van der Waals surface area contributed by atoms with Crippen LogP contribution in [0.3, 0.4) is 0 Å². The van der Waals surface area contributed by atoms with Crippen LogP contribution in [0, 0.1) is 17.0 Å². The smallest absolute Gasteiger partial charge is 0.325 e. The van der Waals surface area contributed by atoms with Crippen LogP contribution in [0.1, 0.15) is 11.3 Å². The Bertz CT molecular complexity index is 890. The topological polar surface area (TPSA) is 94.2 Å². The summed E-state index contributed by atoms with van der Waals surface area (Å²) in [6.07, 6.45) is -4.56. The zero-order valence-corrected chi connectivity index (χ0v) is 12.8. The van der Waals surface area contributed by atoms with Crippen molar-refractivity contribution in [2.45, 2.75) is 19.6 Å². The monoisotopic (exact) mass is 355 g/mol. The number of carbonyl (C=O) groups excluding carboxylic acids is 1. The van der Waals surface area contributed by atoms with Crippen LogP contribution in [0.2, 0.25) is 0 Å². The molecule has 0 fully saturated rings. The van der Waals surface area contributed by atoms with Gasteiger partial charge in [-0.1, -0.05) is 6.07 Å². The standard InChI is InChI=1S/C15H12F3N3O4/c1-9-5-6-12(21(24)25)14(23)20(9)8-13(22)19-11-4-2-3-10(7-11)15(16,17)18/h2-7H,8H2,1H3,(H,19,22). The number of rotatable bonds is 4. The van der Waals surface area contributed by atoms with E-state index in [1.807, 2.05) is 0 Å². The summed E-state index contributed by atoms with van der Waals surface area (Å²) in [6, 6.07) is 6.32. The van der Waals surface area contributed by atoms with Gasteiger partial charge in [-0.25, -0.2) is 0 Å². The van der Waals surface area contributed by atoms with Crippen molar-refractivity contribution < 1.29 is 22.9 Å². The lowest BCUT2D eigenvalue weighted by Crippen LogP contribution is -2.30. The van der Waals surface area contributed by atoms with Gasteiger partial charge in [-0.2, -0.15) is 13.2 Å². The lowest BCUT2D eigenvalue weighted by atomic mass is 10.2. The molecule has 0 unspecified atom stereocenters. The van der Waals surface area contributed by atoms with Gasteiger partial charge >= 0.3 is 17.4 Å². The minimum Gasteiger partial charge on any atom is -0.325 e. The van der Waals surface area contributed by atoms with Crippen LogP contribution < -0.4 is 10.9 Å². The van der Waals surface area contributed by atoms with E-state index >= 15 is 0 Å². The van der Waals surface area contributed by atoms with E-state index in [1.165, 1.54) is 19.1 Å². The lowest BCUT2D eigenvalue weighted by Gasteiger charge is -2.12. The molecule has 1 amide bonds. The highest BCUT2D eigenvalue weighted by Gasteiger charge is 2.30. The van der Waals surface area contributed by atoms with Crippen LogP contribution in [-0.2, 0) is 17.5 Å². The van der Waals surface area contributed by atoms with E-state index in [0.29, 0.717) is 5.69 Å². The normalized spacial score (nSPS) is 11.2. The molecule has 0 spiro atoms. The second-order valence-corrected chi connectivity index (χ2v) is 5.14. The number of nitro groups is 1. The number of hydrogen-bond donors (Lipinski definition) is 1. The van der Waals surface area contributed by atoms with Gasteiger partial charge in [-0.3, -0.25) is 24.3 Å². The molecule has 0 atom stereocenters. The summed E-state index contributed by atoms with van der Waals surface area (Å²) in [6.45, 7) is 0.908. The maximum Gasteiger partial charge on any atom is 0.416 e. The number of aryl methyl sites for hydroxylation is 1. The molecule has 0 aliphatic carbocycles. The average molecular weight is 355 g/mol. The van der Waals surface area contributed by atoms with Crippen molar-refractivity contribution in [3.8, 4) is 0 Å². The minimum atomic E-state index is -4.56. The molecule has 132 valence electrons. The predicted molar refractivity (Wildman–Crippen MR) is 82.2 cm³/mol. The van der Waals surface area contributed by atoms with Gasteiger partial charge in [-0.05, 0) is 31.2 Å². The highest BCUT2D eigenvalue weighted by Crippen LogP contribution is 2.30. The van der Waals surface area contributed by atoms with Crippen molar-refractivity contribution in [2.75, 3.05) is 5.32 Å². The molecule has 0 bridgehead atoms. The van der Waals surface area contributed by atoms with Gasteiger partial charge in [0.05, 0.1) is 10.5 Å². The first kappa shape index (κ1) is 18.2. The van der Waals surface area contributed by atoms with Gasteiger partial charge in [0.25, 0.3) is 0 Å². The molecule has 2 aromatic rings. The molecular formula is C15H12F3N3O4. The molecule has 1 N–H and O–H groups in total. The molecule has 0 aliphatic heterocycles. The lowest BCUT2D eigenvalue weighted by molar-refractivity contribution is -0.386. The van der Waals surface area contributed by atoms with E-state index in [0.717, 1.165) is 28.8 Å². The Morgan fingerprint density at radius 3 is 2.56 bits per heavy atom. The molecule has 1 aromatic heterocycles. The van der Waals surface area contributed by atoms with Crippen molar-refractivity contribution in [3.05, 3.63) is 68.1 Å². The number of benzene rings is 1. The van der Waals surface area contributed by atoms with Crippen LogP contribution >= 0.6 is 0 Å². The van der Waals surface area contributed by atoms with Crippen molar-refractivity contribution in [3.63, 3.8) is 0 Å². The molecule has 0 aliphatic rings. The van der Waals surface area contributed by atoms with Crippen molar-refractivity contribution >= 4 is 17.3 Å². The number of amides is 1. The fraction of sp³-hybridized carbons (Fsp3) is 0.200. The number of pyridine rings is 1. The van der Waals surface area contributed by atoms with E-state index in [4.69, 9.17) is 0 Å². The number of halogens is 3. The number of nitrogens with zero attached hydrogens (tertiary/aromatic N) is 2. The number of alkyl halides is 3.